The second kappa shape index (κ2) is 4.25. The third kappa shape index (κ3) is 1.99. The van der Waals surface area contributed by atoms with Crippen LogP contribution >= 0.6 is 0 Å². The lowest BCUT2D eigenvalue weighted by molar-refractivity contribution is -0.129. The number of hydrogen-bond acceptors (Lipinski definition) is 3. The van der Waals surface area contributed by atoms with Gasteiger partial charge in [0.1, 0.15) is 0 Å². The molecule has 1 aliphatic heterocycles. The van der Waals surface area contributed by atoms with Gasteiger partial charge in [-0.05, 0) is 31.9 Å². The fourth-order valence-corrected chi connectivity index (χ4v) is 2.23. The third-order valence-electron chi connectivity index (χ3n) is 2.87. The fourth-order valence-electron chi connectivity index (χ4n) is 2.23. The Hall–Kier alpha value is -2.17. The quantitative estimate of drug-likeness (QED) is 0.864. The van der Waals surface area contributed by atoms with E-state index in [0.717, 1.165) is 16.7 Å². The minimum Gasteiger partial charge on any atom is -0.477 e. The van der Waals surface area contributed by atoms with Crippen molar-refractivity contribution in [3.05, 3.63) is 28.8 Å². The molecule has 94 valence electrons. The van der Waals surface area contributed by atoms with E-state index in [2.05, 4.69) is 5.10 Å². The summed E-state index contributed by atoms with van der Waals surface area (Å²) in [6.07, 6.45) is -0.151. The molecule has 1 aromatic rings. The number of rotatable bonds is 2. The van der Waals surface area contributed by atoms with Crippen LogP contribution in [-0.4, -0.2) is 22.7 Å². The fraction of sp³-hybridized carbons (Fsp3) is 0.308. The smallest absolute Gasteiger partial charge is 0.352 e. The lowest BCUT2D eigenvalue weighted by Gasteiger charge is -2.18. The maximum Gasteiger partial charge on any atom is 0.352 e. The highest BCUT2D eigenvalue weighted by molar-refractivity contribution is 6.42. The highest BCUT2D eigenvalue weighted by atomic mass is 16.4. The summed E-state index contributed by atoms with van der Waals surface area (Å²) in [4.78, 5) is 22.7. The maximum absolute atomic E-state index is 11.8. The zero-order valence-corrected chi connectivity index (χ0v) is 10.5. The van der Waals surface area contributed by atoms with E-state index in [-0.39, 0.29) is 18.0 Å². The zero-order chi connectivity index (χ0) is 13.4. The van der Waals surface area contributed by atoms with Gasteiger partial charge < -0.3 is 5.11 Å². The average Bonchev–Trinajstić information content (AvgIpc) is 2.59. The van der Waals surface area contributed by atoms with Gasteiger partial charge in [-0.1, -0.05) is 17.7 Å². The summed E-state index contributed by atoms with van der Waals surface area (Å²) in [5, 5.41) is 14.0. The normalized spacial score (nSPS) is 14.9. The van der Waals surface area contributed by atoms with Gasteiger partial charge in [-0.3, -0.25) is 4.79 Å². The number of aryl methyl sites for hydroxylation is 3. The van der Waals surface area contributed by atoms with Crippen LogP contribution in [0.25, 0.3) is 0 Å². The molecule has 0 fully saturated rings. The number of carbonyl (C=O) groups is 2. The summed E-state index contributed by atoms with van der Waals surface area (Å²) in [6, 6.07) is 3.90. The molecule has 5 heteroatoms. The second-order valence-electron chi connectivity index (χ2n) is 4.48. The van der Waals surface area contributed by atoms with Crippen LogP contribution < -0.4 is 5.01 Å². The first-order valence-electron chi connectivity index (χ1n) is 5.61. The molecule has 2 rings (SSSR count). The standard InChI is InChI=1S/C13H14N2O3/c1-7-4-8(2)12(9(3)5-7)15-11(16)6-10(14-15)13(17)18/h4-5H,6H2,1-3H3,(H,17,18). The Morgan fingerprint density at radius 2 is 1.83 bits per heavy atom. The Balaban J connectivity index is 2.50. The first-order chi connectivity index (χ1) is 8.40. The van der Waals surface area contributed by atoms with Crippen molar-refractivity contribution in [1.29, 1.82) is 0 Å². The molecule has 0 spiro atoms. The Labute approximate surface area is 105 Å². The molecule has 18 heavy (non-hydrogen) atoms. The number of hydrogen-bond donors (Lipinski definition) is 1. The molecule has 0 radical (unpaired) electrons. The average molecular weight is 246 g/mol. The monoisotopic (exact) mass is 246 g/mol. The van der Waals surface area contributed by atoms with Gasteiger partial charge in [0.2, 0.25) is 0 Å². The Kier molecular flexibility index (Phi) is 2.90. The number of amides is 1. The van der Waals surface area contributed by atoms with Gasteiger partial charge >= 0.3 is 5.97 Å². The number of anilines is 1. The predicted octanol–water partition coefficient (Wildman–Crippen LogP) is 1.79. The van der Waals surface area contributed by atoms with Gasteiger partial charge in [-0.25, -0.2) is 4.79 Å². The van der Waals surface area contributed by atoms with Gasteiger partial charge in [0.15, 0.2) is 5.71 Å². The summed E-state index contributed by atoms with van der Waals surface area (Å²) < 4.78 is 0. The van der Waals surface area contributed by atoms with E-state index in [1.54, 1.807) is 0 Å². The minimum absolute atomic E-state index is 0.112. The van der Waals surface area contributed by atoms with Crippen LogP contribution in [0.3, 0.4) is 0 Å². The maximum atomic E-state index is 11.8. The molecule has 0 bridgehead atoms. The molecule has 0 unspecified atom stereocenters. The second-order valence-corrected chi connectivity index (χ2v) is 4.48. The molecule has 1 aromatic carbocycles. The van der Waals surface area contributed by atoms with Gasteiger partial charge in [0.25, 0.3) is 5.91 Å². The first kappa shape index (κ1) is 12.3. The summed E-state index contributed by atoms with van der Waals surface area (Å²) in [5.74, 6) is -1.45. The molecule has 5 nitrogen and oxygen atoms in total. The number of nitrogens with zero attached hydrogens (tertiary/aromatic N) is 2. The molecule has 0 aliphatic carbocycles. The topological polar surface area (TPSA) is 70.0 Å². The van der Waals surface area contributed by atoms with Crippen LogP contribution in [0.1, 0.15) is 23.1 Å². The highest BCUT2D eigenvalue weighted by Crippen LogP contribution is 2.29. The molecule has 1 amide bonds. The molecule has 0 atom stereocenters. The number of benzene rings is 1. The summed E-state index contributed by atoms with van der Waals surface area (Å²) >= 11 is 0. The Bertz CT molecular complexity index is 553. The lowest BCUT2D eigenvalue weighted by atomic mass is 10.0. The van der Waals surface area contributed by atoms with Crippen molar-refractivity contribution in [1.82, 2.24) is 0 Å². The Morgan fingerprint density at radius 1 is 1.28 bits per heavy atom. The van der Waals surface area contributed by atoms with E-state index < -0.39 is 5.97 Å². The SMILES string of the molecule is Cc1cc(C)c(N2N=C(C(=O)O)CC2=O)c(C)c1. The van der Waals surface area contributed by atoms with Crippen molar-refractivity contribution in [2.24, 2.45) is 5.10 Å². The van der Waals surface area contributed by atoms with Crippen molar-refractivity contribution < 1.29 is 14.7 Å². The van der Waals surface area contributed by atoms with E-state index in [4.69, 9.17) is 5.11 Å². The van der Waals surface area contributed by atoms with Crippen LogP contribution in [0.2, 0.25) is 0 Å². The van der Waals surface area contributed by atoms with Crippen LogP contribution in [0, 0.1) is 20.8 Å². The molecule has 1 aliphatic rings. The van der Waals surface area contributed by atoms with E-state index in [9.17, 15) is 9.59 Å². The van der Waals surface area contributed by atoms with E-state index in [1.165, 1.54) is 5.01 Å². The molecule has 0 saturated heterocycles. The molecular formula is C13H14N2O3. The predicted molar refractivity (Wildman–Crippen MR) is 67.8 cm³/mol. The van der Waals surface area contributed by atoms with Crippen molar-refractivity contribution in [2.45, 2.75) is 27.2 Å². The molecule has 0 saturated carbocycles. The summed E-state index contributed by atoms with van der Waals surface area (Å²) in [5.41, 5.74) is 3.50. The van der Waals surface area contributed by atoms with Crippen LogP contribution in [0.5, 0.6) is 0 Å². The third-order valence-corrected chi connectivity index (χ3v) is 2.87. The molecule has 1 heterocycles. The van der Waals surface area contributed by atoms with E-state index in [1.807, 2.05) is 32.9 Å². The van der Waals surface area contributed by atoms with Gasteiger partial charge in [0.05, 0.1) is 12.1 Å². The highest BCUT2D eigenvalue weighted by Gasteiger charge is 2.30. The van der Waals surface area contributed by atoms with Gasteiger partial charge in [-0.15, -0.1) is 0 Å². The van der Waals surface area contributed by atoms with Crippen molar-refractivity contribution in [3.8, 4) is 0 Å². The Morgan fingerprint density at radius 3 is 2.28 bits per heavy atom. The minimum atomic E-state index is -1.15. The number of hydrazone groups is 1. The number of aliphatic carboxylic acids is 1. The first-order valence-corrected chi connectivity index (χ1v) is 5.61. The van der Waals surface area contributed by atoms with Crippen molar-refractivity contribution >= 4 is 23.3 Å². The number of carbonyl (C=O) groups excluding carboxylic acids is 1. The van der Waals surface area contributed by atoms with Crippen molar-refractivity contribution in [3.63, 3.8) is 0 Å². The summed E-state index contributed by atoms with van der Waals surface area (Å²) in [6.45, 7) is 5.75. The van der Waals surface area contributed by atoms with Crippen LogP contribution in [-0.2, 0) is 9.59 Å². The summed E-state index contributed by atoms with van der Waals surface area (Å²) in [7, 11) is 0. The van der Waals surface area contributed by atoms with E-state index >= 15 is 0 Å². The molecule has 0 aromatic heterocycles. The zero-order valence-electron chi connectivity index (χ0n) is 10.5. The lowest BCUT2D eigenvalue weighted by Crippen LogP contribution is -2.21. The number of carboxylic acids is 1. The molecular weight excluding hydrogens is 232 g/mol. The van der Waals surface area contributed by atoms with Gasteiger partial charge in [-0.2, -0.15) is 10.1 Å². The van der Waals surface area contributed by atoms with Crippen LogP contribution in [0.15, 0.2) is 17.2 Å². The van der Waals surface area contributed by atoms with Gasteiger partial charge in [0, 0.05) is 0 Å². The van der Waals surface area contributed by atoms with E-state index in [0.29, 0.717) is 5.69 Å². The molecule has 1 N–H and O–H groups in total. The largest absolute Gasteiger partial charge is 0.477 e. The van der Waals surface area contributed by atoms with Crippen molar-refractivity contribution in [2.75, 3.05) is 5.01 Å². The van der Waals surface area contributed by atoms with Crippen LogP contribution in [0.4, 0.5) is 5.69 Å². The number of carboxylic acid groups (broad SMARTS) is 1.